The molecule has 1 N–H and O–H groups in total. The molecule has 0 aromatic heterocycles. The van der Waals surface area contributed by atoms with Crippen LogP contribution in [0.2, 0.25) is 0 Å². The van der Waals surface area contributed by atoms with Gasteiger partial charge in [0.05, 0.1) is 4.90 Å². The van der Waals surface area contributed by atoms with Crippen molar-refractivity contribution in [3.8, 4) is 0 Å². The van der Waals surface area contributed by atoms with Gasteiger partial charge in [-0.05, 0) is 86.9 Å². The lowest BCUT2D eigenvalue weighted by molar-refractivity contribution is -0.120. The maximum Gasteiger partial charge on any atom is 0.243 e. The molecule has 0 saturated carbocycles. The third-order valence-electron chi connectivity index (χ3n) is 6.32. The molecule has 5 nitrogen and oxygen atoms in total. The van der Waals surface area contributed by atoms with E-state index in [4.69, 9.17) is 0 Å². The van der Waals surface area contributed by atoms with Crippen molar-refractivity contribution in [2.45, 2.75) is 58.8 Å². The van der Waals surface area contributed by atoms with Crippen LogP contribution in [0.3, 0.4) is 0 Å². The van der Waals surface area contributed by atoms with Crippen LogP contribution in [0.5, 0.6) is 0 Å². The van der Waals surface area contributed by atoms with Crippen LogP contribution in [-0.4, -0.2) is 31.7 Å². The molecule has 30 heavy (non-hydrogen) atoms. The number of hydrogen-bond acceptors (Lipinski definition) is 3. The number of benzene rings is 2. The molecule has 162 valence electrons. The third-order valence-corrected chi connectivity index (χ3v) is 8.50. The van der Waals surface area contributed by atoms with Crippen LogP contribution in [-0.2, 0) is 21.2 Å². The average Bonchev–Trinajstić information content (AvgIpc) is 2.72. The summed E-state index contributed by atoms with van der Waals surface area (Å²) < 4.78 is 28.3. The predicted molar refractivity (Wildman–Crippen MR) is 121 cm³/mol. The minimum absolute atomic E-state index is 0.0286. The van der Waals surface area contributed by atoms with Crippen LogP contribution < -0.4 is 5.32 Å². The summed E-state index contributed by atoms with van der Waals surface area (Å²) in [6.07, 6.45) is 1.97. The topological polar surface area (TPSA) is 66.5 Å². The number of nitrogens with zero attached hydrogens (tertiary/aromatic N) is 1. The number of piperidine rings is 1. The number of sulfonamides is 1. The van der Waals surface area contributed by atoms with Crippen LogP contribution in [0.15, 0.2) is 35.2 Å². The van der Waals surface area contributed by atoms with E-state index >= 15 is 0 Å². The number of rotatable bonds is 5. The molecule has 3 rings (SSSR count). The molecule has 1 saturated heterocycles. The summed E-state index contributed by atoms with van der Waals surface area (Å²) in [5.41, 5.74) is 5.58. The molecule has 0 atom stereocenters. The number of carbonyl (C=O) groups excluding carboxylic acids is 1. The number of anilines is 1. The zero-order valence-electron chi connectivity index (χ0n) is 18.6. The Morgan fingerprint density at radius 2 is 1.63 bits per heavy atom. The van der Waals surface area contributed by atoms with Gasteiger partial charge in [-0.1, -0.05) is 25.1 Å². The van der Waals surface area contributed by atoms with Crippen LogP contribution in [0.1, 0.15) is 47.6 Å². The standard InChI is InChI=1S/C24H32N2O3S/c1-6-20-8-7-9-22(15-20)25-24(27)21-10-12-26(13-11-21)30(28,29)23-18(4)16(2)14-17(3)19(23)5/h7-9,14-15,21H,6,10-13H2,1-5H3,(H,25,27). The predicted octanol–water partition coefficient (Wildman–Crippen LogP) is 4.52. The molecule has 0 unspecified atom stereocenters. The van der Waals surface area contributed by atoms with E-state index in [1.807, 2.05) is 58.0 Å². The fourth-order valence-corrected chi connectivity index (χ4v) is 6.21. The Kier molecular flexibility index (Phi) is 6.68. The summed E-state index contributed by atoms with van der Waals surface area (Å²) in [4.78, 5) is 13.1. The third kappa shape index (κ3) is 4.44. The first-order valence-corrected chi connectivity index (χ1v) is 12.1. The molecule has 0 spiro atoms. The molecule has 1 heterocycles. The number of amides is 1. The molecule has 1 amide bonds. The molecule has 0 bridgehead atoms. The fourth-order valence-electron chi connectivity index (χ4n) is 4.17. The van der Waals surface area contributed by atoms with E-state index in [9.17, 15) is 13.2 Å². The second-order valence-electron chi connectivity index (χ2n) is 8.31. The van der Waals surface area contributed by atoms with Gasteiger partial charge in [-0.25, -0.2) is 8.42 Å². The monoisotopic (exact) mass is 428 g/mol. The van der Waals surface area contributed by atoms with Crippen molar-refractivity contribution in [1.82, 2.24) is 4.31 Å². The smallest absolute Gasteiger partial charge is 0.243 e. The van der Waals surface area contributed by atoms with Crippen molar-refractivity contribution in [3.63, 3.8) is 0 Å². The van der Waals surface area contributed by atoms with Crippen molar-refractivity contribution in [3.05, 3.63) is 58.1 Å². The fraction of sp³-hybridized carbons (Fsp3) is 0.458. The SMILES string of the molecule is CCc1cccc(NC(=O)C2CCN(S(=O)(=O)c3c(C)c(C)cc(C)c3C)CC2)c1. The molecule has 2 aromatic carbocycles. The first-order chi connectivity index (χ1) is 14.1. The van der Waals surface area contributed by atoms with Crippen LogP contribution >= 0.6 is 0 Å². The van der Waals surface area contributed by atoms with Gasteiger partial charge in [0.2, 0.25) is 15.9 Å². The van der Waals surface area contributed by atoms with Crippen LogP contribution in [0.25, 0.3) is 0 Å². The molecule has 2 aromatic rings. The Bertz CT molecular complexity index is 1030. The summed E-state index contributed by atoms with van der Waals surface area (Å²) >= 11 is 0. The van der Waals surface area contributed by atoms with Gasteiger partial charge in [0.15, 0.2) is 0 Å². The Morgan fingerprint density at radius 1 is 1.03 bits per heavy atom. The Morgan fingerprint density at radius 3 is 2.20 bits per heavy atom. The first-order valence-electron chi connectivity index (χ1n) is 10.6. The second kappa shape index (κ2) is 8.90. The second-order valence-corrected chi connectivity index (χ2v) is 10.2. The van der Waals surface area contributed by atoms with Gasteiger partial charge in [-0.15, -0.1) is 0 Å². The van der Waals surface area contributed by atoms with Gasteiger partial charge in [0, 0.05) is 24.7 Å². The normalized spacial score (nSPS) is 15.9. The highest BCUT2D eigenvalue weighted by atomic mass is 32.2. The first kappa shape index (κ1) is 22.5. The summed E-state index contributed by atoms with van der Waals surface area (Å²) in [6.45, 7) is 10.5. The molecule has 1 aliphatic rings. The van der Waals surface area contributed by atoms with Crippen molar-refractivity contribution >= 4 is 21.6 Å². The lowest BCUT2D eigenvalue weighted by atomic mass is 9.97. The Labute approximate surface area is 180 Å². The number of nitrogens with one attached hydrogen (secondary N) is 1. The van der Waals surface area contributed by atoms with E-state index in [1.54, 1.807) is 4.31 Å². The maximum atomic E-state index is 13.4. The highest BCUT2D eigenvalue weighted by Crippen LogP contribution is 2.31. The van der Waals surface area contributed by atoms with E-state index in [0.717, 1.165) is 34.4 Å². The van der Waals surface area contributed by atoms with E-state index < -0.39 is 10.0 Å². The number of carbonyl (C=O) groups is 1. The van der Waals surface area contributed by atoms with E-state index in [1.165, 1.54) is 5.56 Å². The minimum Gasteiger partial charge on any atom is -0.326 e. The molecule has 1 aliphatic heterocycles. The molecule has 0 aliphatic carbocycles. The van der Waals surface area contributed by atoms with Gasteiger partial charge in [0.1, 0.15) is 0 Å². The summed E-state index contributed by atoms with van der Waals surface area (Å²) in [5.74, 6) is -0.206. The highest BCUT2D eigenvalue weighted by molar-refractivity contribution is 7.89. The molecule has 0 radical (unpaired) electrons. The summed E-state index contributed by atoms with van der Waals surface area (Å²) in [5, 5.41) is 3.00. The summed E-state index contributed by atoms with van der Waals surface area (Å²) in [7, 11) is -3.58. The van der Waals surface area contributed by atoms with Crippen molar-refractivity contribution < 1.29 is 13.2 Å². The molecular formula is C24H32N2O3S. The number of hydrogen-bond donors (Lipinski definition) is 1. The van der Waals surface area contributed by atoms with Crippen molar-refractivity contribution in [2.75, 3.05) is 18.4 Å². The van der Waals surface area contributed by atoms with Crippen molar-refractivity contribution in [1.29, 1.82) is 0 Å². The highest BCUT2D eigenvalue weighted by Gasteiger charge is 2.34. The lowest BCUT2D eigenvalue weighted by Crippen LogP contribution is -2.41. The van der Waals surface area contributed by atoms with Gasteiger partial charge in [-0.3, -0.25) is 4.79 Å². The van der Waals surface area contributed by atoms with E-state index in [-0.39, 0.29) is 11.8 Å². The van der Waals surface area contributed by atoms with Gasteiger partial charge < -0.3 is 5.32 Å². The zero-order chi connectivity index (χ0) is 22.1. The van der Waals surface area contributed by atoms with Crippen molar-refractivity contribution in [2.24, 2.45) is 5.92 Å². The Balaban J connectivity index is 1.71. The Hall–Kier alpha value is -2.18. The van der Waals surface area contributed by atoms with Crippen LogP contribution in [0.4, 0.5) is 5.69 Å². The quantitative estimate of drug-likeness (QED) is 0.761. The molecule has 1 fully saturated rings. The maximum absolute atomic E-state index is 13.4. The van der Waals surface area contributed by atoms with Gasteiger partial charge in [0.25, 0.3) is 0 Å². The number of aryl methyl sites for hydroxylation is 3. The van der Waals surface area contributed by atoms with E-state index in [0.29, 0.717) is 30.8 Å². The van der Waals surface area contributed by atoms with Crippen LogP contribution in [0, 0.1) is 33.6 Å². The van der Waals surface area contributed by atoms with E-state index in [2.05, 4.69) is 12.2 Å². The zero-order valence-corrected chi connectivity index (χ0v) is 19.4. The molecule has 6 heteroatoms. The van der Waals surface area contributed by atoms with Gasteiger partial charge >= 0.3 is 0 Å². The molecular weight excluding hydrogens is 396 g/mol. The van der Waals surface area contributed by atoms with Gasteiger partial charge in [-0.2, -0.15) is 4.31 Å². The minimum atomic E-state index is -3.58. The largest absolute Gasteiger partial charge is 0.326 e. The summed E-state index contributed by atoms with van der Waals surface area (Å²) in [6, 6.07) is 9.90. The average molecular weight is 429 g/mol. The lowest BCUT2D eigenvalue weighted by Gasteiger charge is -2.31.